The van der Waals surface area contributed by atoms with Crippen molar-refractivity contribution in [2.24, 2.45) is 0 Å². The van der Waals surface area contributed by atoms with Crippen molar-refractivity contribution in [1.29, 1.82) is 0 Å². The van der Waals surface area contributed by atoms with Gasteiger partial charge in [-0.05, 0) is 6.42 Å². The van der Waals surface area contributed by atoms with Crippen LogP contribution >= 0.6 is 7.82 Å². The van der Waals surface area contributed by atoms with Gasteiger partial charge in [0.2, 0.25) is 0 Å². The van der Waals surface area contributed by atoms with Crippen molar-refractivity contribution in [2.75, 3.05) is 66.3 Å². The summed E-state index contributed by atoms with van der Waals surface area (Å²) in [6, 6.07) is 0. The molecule has 0 bridgehead atoms. The lowest BCUT2D eigenvalue weighted by molar-refractivity contribution is -0.916. The lowest BCUT2D eigenvalue weighted by Gasteiger charge is -2.37. The minimum Gasteiger partial charge on any atom is -0.458 e. The Labute approximate surface area is 232 Å². The van der Waals surface area contributed by atoms with Crippen LogP contribution in [0.25, 0.3) is 0 Å². The molecule has 1 fully saturated rings. The molecule has 1 aliphatic rings. The van der Waals surface area contributed by atoms with Crippen LogP contribution in [0, 0.1) is 0 Å². The van der Waals surface area contributed by atoms with Crippen LogP contribution in [0.3, 0.4) is 0 Å². The van der Waals surface area contributed by atoms with E-state index in [0.717, 1.165) is 30.4 Å². The van der Waals surface area contributed by atoms with Crippen LogP contribution in [0.5, 0.6) is 0 Å². The molecule has 1 aliphatic heterocycles. The number of nitrogens with zero attached hydrogens (tertiary/aromatic N) is 1. The number of likely N-dealkylation sites (N-methyl/N-ethyl adjacent to an activating group) is 1. The number of quaternary nitrogens is 1. The minimum atomic E-state index is -4.25. The molecule has 1 N–H and O–H groups in total. The summed E-state index contributed by atoms with van der Waals surface area (Å²) in [7, 11) is -2.18. The fourth-order valence-corrected chi connectivity index (χ4v) is 5.30. The van der Waals surface area contributed by atoms with Gasteiger partial charge in [-0.2, -0.15) is 0 Å². The van der Waals surface area contributed by atoms with E-state index in [9.17, 15) is 14.3 Å². The Balaban J connectivity index is 2.06. The first-order valence-corrected chi connectivity index (χ1v) is 16.5. The Morgan fingerprint density at radius 3 is 1.89 bits per heavy atom. The molecule has 0 amide bonds. The maximum absolute atomic E-state index is 12.3. The molecule has 1 rings (SSSR count). The van der Waals surface area contributed by atoms with Crippen LogP contribution in [0.2, 0.25) is 0 Å². The molecule has 0 saturated carbocycles. The summed E-state index contributed by atoms with van der Waals surface area (Å²) >= 11 is 0. The van der Waals surface area contributed by atoms with E-state index < -0.39 is 19.9 Å². The first-order chi connectivity index (χ1) is 18.3. The monoisotopic (exact) mass is 566 g/mol. The number of carbonyl (C=O) groups is 1. The van der Waals surface area contributed by atoms with Gasteiger partial charge in [0.05, 0.1) is 33.5 Å². The van der Waals surface area contributed by atoms with E-state index in [1.54, 1.807) is 0 Å². The normalized spacial score (nSPS) is 17.7. The van der Waals surface area contributed by atoms with E-state index in [4.69, 9.17) is 23.3 Å². The Bertz CT molecular complexity index is 630. The van der Waals surface area contributed by atoms with Gasteiger partial charge in [-0.1, -0.05) is 90.4 Å². The number of hydrogen-bond donors (Lipinski definition) is 1. The molecule has 2 atom stereocenters. The van der Waals surface area contributed by atoms with Crippen molar-refractivity contribution in [3.63, 3.8) is 0 Å². The third-order valence-corrected chi connectivity index (χ3v) is 8.12. The van der Waals surface area contributed by atoms with Gasteiger partial charge in [0.15, 0.2) is 0 Å². The fourth-order valence-electron chi connectivity index (χ4n) is 4.56. The predicted molar refractivity (Wildman–Crippen MR) is 150 cm³/mol. The average Bonchev–Trinajstić information content (AvgIpc) is 2.87. The van der Waals surface area contributed by atoms with Crippen LogP contribution in [0.4, 0.5) is 0 Å². The van der Waals surface area contributed by atoms with E-state index in [1.165, 1.54) is 84.0 Å². The summed E-state index contributed by atoms with van der Waals surface area (Å²) in [5.74, 6) is -0.489. The summed E-state index contributed by atoms with van der Waals surface area (Å²) in [4.78, 5) is 21.4. The smallest absolute Gasteiger partial charge is 0.458 e. The molecule has 0 aromatic rings. The van der Waals surface area contributed by atoms with Gasteiger partial charge in [0.25, 0.3) is 0 Å². The summed E-state index contributed by atoms with van der Waals surface area (Å²) in [6.45, 7) is 7.68. The number of carbonyl (C=O) groups excluding carboxylic acids is 1. The molecule has 1 saturated heterocycles. The number of hydrogen-bond acceptors (Lipinski definition) is 7. The second-order valence-corrected chi connectivity index (χ2v) is 12.4. The fraction of sp³-hybridized carbons (Fsp3) is 0.964. The van der Waals surface area contributed by atoms with Crippen LogP contribution in [-0.4, -0.2) is 87.8 Å². The quantitative estimate of drug-likeness (QED) is 0.0619. The summed E-state index contributed by atoms with van der Waals surface area (Å²) in [6.07, 6.45) is 17.4. The van der Waals surface area contributed by atoms with Crippen LogP contribution in [0.1, 0.15) is 104 Å². The maximum Gasteiger partial charge on any atom is 0.472 e. The van der Waals surface area contributed by atoms with Crippen molar-refractivity contribution in [3.05, 3.63) is 0 Å². The van der Waals surface area contributed by atoms with E-state index >= 15 is 0 Å². The molecule has 226 valence electrons. The highest BCUT2D eigenvalue weighted by molar-refractivity contribution is 7.47. The number of morpholine rings is 1. The molecular formula is C28H57NO8P+. The molecular weight excluding hydrogens is 509 g/mol. The predicted octanol–water partition coefficient (Wildman–Crippen LogP) is 6.03. The second-order valence-electron chi connectivity index (χ2n) is 10.9. The Morgan fingerprint density at radius 2 is 1.37 bits per heavy atom. The number of esters is 1. The molecule has 0 aliphatic carbocycles. The van der Waals surface area contributed by atoms with Crippen molar-refractivity contribution in [2.45, 2.75) is 110 Å². The molecule has 0 radical (unpaired) electrons. The van der Waals surface area contributed by atoms with Crippen molar-refractivity contribution in [3.8, 4) is 0 Å². The molecule has 9 nitrogen and oxygen atoms in total. The number of unbranched alkanes of at least 4 members (excludes halogenated alkanes) is 13. The number of phosphoric acid groups is 1. The molecule has 10 heteroatoms. The van der Waals surface area contributed by atoms with Crippen LogP contribution in [-0.2, 0) is 32.6 Å². The average molecular weight is 567 g/mol. The van der Waals surface area contributed by atoms with Gasteiger partial charge in [0, 0.05) is 13.5 Å². The zero-order valence-electron chi connectivity index (χ0n) is 24.5. The van der Waals surface area contributed by atoms with Gasteiger partial charge in [0.1, 0.15) is 32.3 Å². The minimum absolute atomic E-state index is 0.0954. The molecule has 1 heterocycles. The topological polar surface area (TPSA) is 101 Å². The SMILES string of the molecule is CCCCCCCCCCCCCCCCOCC(COP(=O)(O)OCC[N+]1(C)CCOCC1)OC(C)=O. The Hall–Kier alpha value is -0.540. The first kappa shape index (κ1) is 35.5. The van der Waals surface area contributed by atoms with Crippen molar-refractivity contribution in [1.82, 2.24) is 0 Å². The Morgan fingerprint density at radius 1 is 0.842 bits per heavy atom. The van der Waals surface area contributed by atoms with Crippen LogP contribution in [0.15, 0.2) is 0 Å². The third kappa shape index (κ3) is 20.4. The molecule has 0 spiro atoms. The molecule has 2 unspecified atom stereocenters. The van der Waals surface area contributed by atoms with Gasteiger partial charge in [-0.25, -0.2) is 4.57 Å². The lowest BCUT2D eigenvalue weighted by Crippen LogP contribution is -2.53. The zero-order chi connectivity index (χ0) is 28.0. The van der Waals surface area contributed by atoms with Crippen molar-refractivity contribution >= 4 is 13.8 Å². The number of phosphoric ester groups is 1. The van der Waals surface area contributed by atoms with E-state index in [1.807, 2.05) is 0 Å². The second kappa shape index (κ2) is 22.2. The van der Waals surface area contributed by atoms with Gasteiger partial charge in [-0.15, -0.1) is 0 Å². The Kier molecular flexibility index (Phi) is 20.7. The summed E-state index contributed by atoms with van der Waals surface area (Å²) in [5, 5.41) is 0. The number of rotatable bonds is 25. The summed E-state index contributed by atoms with van der Waals surface area (Å²) in [5.41, 5.74) is 0. The van der Waals surface area contributed by atoms with Gasteiger partial charge < -0.3 is 23.6 Å². The standard InChI is InChI=1S/C28H56NO8P/c1-4-5-6-7-8-9-10-11-12-13-14-15-16-17-21-34-25-28(37-27(2)30)26-36-38(31,32)35-24-20-29(3)18-22-33-23-19-29/h28H,4-26H2,1-3H3/p+1. The molecule has 38 heavy (non-hydrogen) atoms. The van der Waals surface area contributed by atoms with E-state index in [0.29, 0.717) is 26.4 Å². The summed E-state index contributed by atoms with van der Waals surface area (Å²) < 4.78 is 39.4. The first-order valence-electron chi connectivity index (χ1n) is 15.0. The lowest BCUT2D eigenvalue weighted by atomic mass is 10.0. The van der Waals surface area contributed by atoms with Crippen molar-refractivity contribution < 1.29 is 42.0 Å². The third-order valence-electron chi connectivity index (χ3n) is 7.14. The van der Waals surface area contributed by atoms with Crippen LogP contribution < -0.4 is 0 Å². The maximum atomic E-state index is 12.3. The zero-order valence-corrected chi connectivity index (χ0v) is 25.4. The van der Waals surface area contributed by atoms with Gasteiger partial charge in [-0.3, -0.25) is 13.8 Å². The highest BCUT2D eigenvalue weighted by Gasteiger charge is 2.29. The largest absolute Gasteiger partial charge is 0.472 e. The molecule has 0 aromatic carbocycles. The van der Waals surface area contributed by atoms with E-state index in [2.05, 4.69) is 14.0 Å². The van der Waals surface area contributed by atoms with E-state index in [-0.39, 0.29) is 19.8 Å². The number of ether oxygens (including phenoxy) is 3. The molecule has 0 aromatic heterocycles. The highest BCUT2D eigenvalue weighted by atomic mass is 31.2. The highest BCUT2D eigenvalue weighted by Crippen LogP contribution is 2.43. The van der Waals surface area contributed by atoms with Gasteiger partial charge >= 0.3 is 13.8 Å².